The first-order valence-corrected chi connectivity index (χ1v) is 8.95. The summed E-state index contributed by atoms with van der Waals surface area (Å²) in [6.07, 6.45) is 2.63. The minimum atomic E-state index is -4.41. The number of hydrogen-bond donors (Lipinski definition) is 1. The lowest BCUT2D eigenvalue weighted by molar-refractivity contribution is -0.870. The number of quaternary nitrogens is 1. The minimum Gasteiger partial charge on any atom is -0.726 e. The molecule has 0 bridgehead atoms. The highest BCUT2D eigenvalue weighted by Crippen LogP contribution is 2.28. The lowest BCUT2D eigenvalue weighted by Gasteiger charge is -2.23. The summed E-state index contributed by atoms with van der Waals surface area (Å²) in [5.74, 6) is 0.336. The van der Waals surface area contributed by atoms with Crippen LogP contribution in [0.4, 0.5) is 11.5 Å². The molecule has 0 saturated carbocycles. The number of fused-ring (bicyclic) bond motifs is 1. The van der Waals surface area contributed by atoms with Crippen molar-refractivity contribution in [3.63, 3.8) is 0 Å². The van der Waals surface area contributed by atoms with Crippen molar-refractivity contribution in [3.8, 4) is 0 Å². The minimum absolute atomic E-state index is 0.0378. The van der Waals surface area contributed by atoms with Crippen molar-refractivity contribution in [1.82, 2.24) is 9.61 Å². The summed E-state index contributed by atoms with van der Waals surface area (Å²) < 4.78 is 33.4. The molecule has 146 valence electrons. The molecule has 0 fully saturated rings. The first-order chi connectivity index (χ1) is 11.9. The Morgan fingerprint density at radius 3 is 2.46 bits per heavy atom. The van der Waals surface area contributed by atoms with Crippen LogP contribution in [0.2, 0.25) is 0 Å². The Bertz CT molecular complexity index is 843. The SMILES string of the molecule is COS(=O)(=O)[O-].C[N+](C)(C)CCCNc1nn2ccccc2c1[N+](=O)[O-]. The molecule has 11 nitrogen and oxygen atoms in total. The molecule has 2 heterocycles. The predicted molar refractivity (Wildman–Crippen MR) is 94.6 cm³/mol. The maximum atomic E-state index is 11.2. The highest BCUT2D eigenvalue weighted by molar-refractivity contribution is 7.80. The number of aromatic nitrogens is 2. The number of nitro groups is 1. The summed E-state index contributed by atoms with van der Waals surface area (Å²) in [7, 11) is 2.75. The van der Waals surface area contributed by atoms with Gasteiger partial charge in [-0.1, -0.05) is 6.07 Å². The van der Waals surface area contributed by atoms with Gasteiger partial charge in [0.05, 0.1) is 39.7 Å². The van der Waals surface area contributed by atoms with Crippen molar-refractivity contribution in [2.24, 2.45) is 0 Å². The smallest absolute Gasteiger partial charge is 0.338 e. The normalized spacial score (nSPS) is 11.7. The van der Waals surface area contributed by atoms with Crippen LogP contribution in [0.25, 0.3) is 5.52 Å². The van der Waals surface area contributed by atoms with Crippen LogP contribution < -0.4 is 5.32 Å². The Hall–Kier alpha value is -2.28. The summed E-state index contributed by atoms with van der Waals surface area (Å²) in [6.45, 7) is 1.66. The van der Waals surface area contributed by atoms with Crippen LogP contribution >= 0.6 is 0 Å². The molecule has 0 aliphatic rings. The van der Waals surface area contributed by atoms with Crippen molar-refractivity contribution >= 4 is 27.4 Å². The third kappa shape index (κ3) is 7.31. The quantitative estimate of drug-likeness (QED) is 0.184. The zero-order chi connectivity index (χ0) is 20.0. The van der Waals surface area contributed by atoms with E-state index in [1.807, 2.05) is 0 Å². The van der Waals surface area contributed by atoms with Gasteiger partial charge in [0.1, 0.15) is 5.52 Å². The highest BCUT2D eigenvalue weighted by Gasteiger charge is 2.22. The largest absolute Gasteiger partial charge is 0.726 e. The van der Waals surface area contributed by atoms with Crippen LogP contribution in [0, 0.1) is 10.1 Å². The molecule has 0 aliphatic heterocycles. The number of nitrogens with zero attached hydrogens (tertiary/aromatic N) is 4. The van der Waals surface area contributed by atoms with Gasteiger partial charge in [0.2, 0.25) is 16.2 Å². The Kier molecular flexibility index (Phi) is 7.44. The molecule has 0 saturated heterocycles. The second kappa shape index (κ2) is 8.89. The van der Waals surface area contributed by atoms with Gasteiger partial charge in [-0.05, 0) is 12.1 Å². The van der Waals surface area contributed by atoms with Crippen LogP contribution in [0.1, 0.15) is 6.42 Å². The van der Waals surface area contributed by atoms with E-state index in [9.17, 15) is 23.1 Å². The monoisotopic (exact) mass is 389 g/mol. The number of rotatable bonds is 7. The van der Waals surface area contributed by atoms with E-state index in [1.165, 1.54) is 4.52 Å². The van der Waals surface area contributed by atoms with E-state index < -0.39 is 10.4 Å². The maximum Gasteiger partial charge on any atom is 0.338 e. The fraction of sp³-hybridized carbons (Fsp3) is 0.500. The molecule has 12 heteroatoms. The van der Waals surface area contributed by atoms with Crippen molar-refractivity contribution in [2.45, 2.75) is 6.42 Å². The van der Waals surface area contributed by atoms with Crippen molar-refractivity contribution in [2.75, 3.05) is 46.7 Å². The van der Waals surface area contributed by atoms with Crippen LogP contribution in [0.5, 0.6) is 0 Å². The molecule has 2 aromatic rings. The van der Waals surface area contributed by atoms with E-state index in [0.29, 0.717) is 17.9 Å². The van der Waals surface area contributed by atoms with Crippen LogP contribution in [0.3, 0.4) is 0 Å². The summed E-state index contributed by atoms with van der Waals surface area (Å²) in [5, 5.41) is 18.5. The van der Waals surface area contributed by atoms with E-state index in [4.69, 9.17) is 0 Å². The Morgan fingerprint density at radius 1 is 1.35 bits per heavy atom. The van der Waals surface area contributed by atoms with Crippen LogP contribution in [-0.4, -0.2) is 73.3 Å². The Labute approximate surface area is 151 Å². The molecule has 0 unspecified atom stereocenters. The van der Waals surface area contributed by atoms with E-state index in [-0.39, 0.29) is 10.6 Å². The molecular formula is C14H23N5O6S. The van der Waals surface area contributed by atoms with Crippen molar-refractivity contribution < 1.29 is 26.6 Å². The molecule has 0 amide bonds. The zero-order valence-corrected chi connectivity index (χ0v) is 15.9. The van der Waals surface area contributed by atoms with Gasteiger partial charge in [0.15, 0.2) is 0 Å². The average molecular weight is 389 g/mol. The van der Waals surface area contributed by atoms with Gasteiger partial charge in [-0.3, -0.25) is 14.3 Å². The maximum absolute atomic E-state index is 11.2. The molecule has 0 atom stereocenters. The molecular weight excluding hydrogens is 366 g/mol. The molecule has 26 heavy (non-hydrogen) atoms. The number of nitrogens with one attached hydrogen (secondary N) is 1. The predicted octanol–water partition coefficient (Wildman–Crippen LogP) is 0.844. The lowest BCUT2D eigenvalue weighted by Crippen LogP contribution is -2.36. The zero-order valence-electron chi connectivity index (χ0n) is 15.1. The van der Waals surface area contributed by atoms with E-state index in [0.717, 1.165) is 24.6 Å². The summed E-state index contributed by atoms with van der Waals surface area (Å²) in [4.78, 5) is 10.8. The fourth-order valence-corrected chi connectivity index (χ4v) is 2.04. The summed E-state index contributed by atoms with van der Waals surface area (Å²) in [6, 6.07) is 5.26. The molecule has 2 rings (SSSR count). The lowest BCUT2D eigenvalue weighted by atomic mass is 10.3. The molecule has 0 aliphatic carbocycles. The van der Waals surface area contributed by atoms with E-state index in [2.05, 4.69) is 35.7 Å². The molecule has 0 spiro atoms. The van der Waals surface area contributed by atoms with Crippen molar-refractivity contribution in [3.05, 3.63) is 34.5 Å². The average Bonchev–Trinajstić information content (AvgIpc) is 2.89. The summed E-state index contributed by atoms with van der Waals surface area (Å²) >= 11 is 0. The van der Waals surface area contributed by atoms with Crippen LogP contribution in [-0.2, 0) is 14.6 Å². The molecule has 0 aromatic carbocycles. The number of hydrogen-bond acceptors (Lipinski definition) is 8. The molecule has 2 aromatic heterocycles. The fourth-order valence-electron chi connectivity index (χ4n) is 2.04. The first kappa shape index (κ1) is 21.8. The van der Waals surface area contributed by atoms with Gasteiger partial charge in [-0.15, -0.1) is 5.10 Å². The standard InChI is InChI=1S/C13H20N5O2.CH4O4S/c1-18(2,3)10-6-8-14-13-12(17(19)20)11-7-4-5-9-16(11)15-13;1-5-6(2,3)4/h4-5,7,9H,6,8,10H2,1-3H3,(H,14,15);1H3,(H,2,3,4)/q+1;/p-1. The van der Waals surface area contributed by atoms with E-state index in [1.54, 1.807) is 24.4 Å². The highest BCUT2D eigenvalue weighted by atomic mass is 32.3. The molecule has 1 N–H and O–H groups in total. The first-order valence-electron chi connectivity index (χ1n) is 7.62. The Balaban J connectivity index is 0.000000487. The van der Waals surface area contributed by atoms with Gasteiger partial charge in [0.25, 0.3) is 0 Å². The third-order valence-corrected chi connectivity index (χ3v) is 3.61. The van der Waals surface area contributed by atoms with Gasteiger partial charge in [0, 0.05) is 19.2 Å². The second-order valence-corrected chi connectivity index (χ2v) is 7.50. The van der Waals surface area contributed by atoms with Gasteiger partial charge in [-0.2, -0.15) is 0 Å². The number of pyridine rings is 1. The van der Waals surface area contributed by atoms with E-state index >= 15 is 0 Å². The van der Waals surface area contributed by atoms with Gasteiger partial charge < -0.3 is 14.4 Å². The van der Waals surface area contributed by atoms with Crippen LogP contribution in [0.15, 0.2) is 24.4 Å². The summed E-state index contributed by atoms with van der Waals surface area (Å²) in [5.41, 5.74) is 0.544. The third-order valence-electron chi connectivity index (χ3n) is 3.20. The van der Waals surface area contributed by atoms with Gasteiger partial charge >= 0.3 is 5.69 Å². The topological polar surface area (TPSA) is 139 Å². The molecule has 0 radical (unpaired) electrons. The number of anilines is 1. The van der Waals surface area contributed by atoms with Crippen molar-refractivity contribution in [1.29, 1.82) is 0 Å². The van der Waals surface area contributed by atoms with Gasteiger partial charge in [-0.25, -0.2) is 12.9 Å². The Morgan fingerprint density at radius 2 is 1.96 bits per heavy atom. The second-order valence-electron chi connectivity index (χ2n) is 6.35.